The Balaban J connectivity index is 1.75. The van der Waals surface area contributed by atoms with Crippen LogP contribution in [0.25, 0.3) is 0 Å². The lowest BCUT2D eigenvalue weighted by Gasteiger charge is -2.30. The van der Waals surface area contributed by atoms with Crippen LogP contribution in [-0.2, 0) is 26.7 Å². The number of sulfonamides is 1. The number of nitrogens with zero attached hydrogens (tertiary/aromatic N) is 2. The Hall–Kier alpha value is -2.53. The summed E-state index contributed by atoms with van der Waals surface area (Å²) in [6, 6.07) is 6.40. The number of carbonyl (C=O) groups excluding carboxylic acids is 1. The molecule has 0 radical (unpaired) electrons. The van der Waals surface area contributed by atoms with Gasteiger partial charge in [0.1, 0.15) is 17.3 Å². The Labute approximate surface area is 201 Å². The number of aromatic nitrogens is 1. The van der Waals surface area contributed by atoms with Gasteiger partial charge in [0.25, 0.3) is 0 Å². The van der Waals surface area contributed by atoms with Crippen molar-refractivity contribution in [2.75, 3.05) is 29.0 Å². The van der Waals surface area contributed by atoms with E-state index in [-0.39, 0.29) is 12.2 Å². The summed E-state index contributed by atoms with van der Waals surface area (Å²) >= 11 is 5.17. The quantitative estimate of drug-likeness (QED) is 0.509. The van der Waals surface area contributed by atoms with Crippen molar-refractivity contribution in [2.45, 2.75) is 44.0 Å². The van der Waals surface area contributed by atoms with Crippen molar-refractivity contribution in [2.24, 2.45) is 0 Å². The van der Waals surface area contributed by atoms with E-state index in [1.165, 1.54) is 18.2 Å². The zero-order valence-corrected chi connectivity index (χ0v) is 20.3. The molecule has 1 aliphatic rings. The van der Waals surface area contributed by atoms with Crippen LogP contribution in [0.3, 0.4) is 0 Å². The molecule has 0 saturated carbocycles. The number of hydrogen-bond acceptors (Lipinski definition) is 5. The summed E-state index contributed by atoms with van der Waals surface area (Å²) in [6.07, 6.45) is 3.76. The number of anilines is 2. The highest BCUT2D eigenvalue weighted by atomic mass is 35.5. The van der Waals surface area contributed by atoms with Gasteiger partial charge in [-0.15, -0.1) is 0 Å². The molecular weight excluding hydrogens is 493 g/mol. The molecule has 34 heavy (non-hydrogen) atoms. The molecule has 2 aromatic rings. The molecule has 0 bridgehead atoms. The zero-order chi connectivity index (χ0) is 25.1. The predicted molar refractivity (Wildman–Crippen MR) is 125 cm³/mol. The topological polar surface area (TPSA) is 91.4 Å². The Morgan fingerprint density at radius 2 is 1.88 bits per heavy atom. The average molecular weight is 519 g/mol. The highest BCUT2D eigenvalue weighted by molar-refractivity contribution is 7.92. The molecule has 186 valence electrons. The second-order valence-corrected chi connectivity index (χ2v) is 10.5. The molecule has 1 aliphatic heterocycles. The van der Waals surface area contributed by atoms with Crippen molar-refractivity contribution in [3.63, 3.8) is 0 Å². The molecule has 7 nitrogen and oxygen atoms in total. The lowest BCUT2D eigenvalue weighted by atomic mass is 9.99. The molecule has 1 aromatic heterocycles. The van der Waals surface area contributed by atoms with Gasteiger partial charge in [0, 0.05) is 25.2 Å². The van der Waals surface area contributed by atoms with Crippen LogP contribution in [0.1, 0.15) is 48.9 Å². The second-order valence-electron chi connectivity index (χ2n) is 8.28. The number of pyridine rings is 1. The highest BCUT2D eigenvalue weighted by Gasteiger charge is 2.31. The molecule has 3 rings (SSSR count). The number of benzene rings is 1. The van der Waals surface area contributed by atoms with Gasteiger partial charge in [-0.2, -0.15) is 8.78 Å². The fourth-order valence-corrected chi connectivity index (χ4v) is 4.39. The van der Waals surface area contributed by atoms with Crippen LogP contribution < -0.4 is 14.9 Å². The number of piperidine rings is 1. The van der Waals surface area contributed by atoms with E-state index < -0.39 is 38.7 Å². The SMILES string of the molecule is CC(C(=O)NCc1ccc(C(F)(F)Cl)nc1N1CCCCC1)c1ccc(NS(C)(=O)=O)c(F)c1. The van der Waals surface area contributed by atoms with Crippen molar-refractivity contribution < 1.29 is 26.4 Å². The fourth-order valence-electron chi connectivity index (χ4n) is 3.72. The maximum absolute atomic E-state index is 14.3. The van der Waals surface area contributed by atoms with Crippen molar-refractivity contribution in [1.29, 1.82) is 0 Å². The summed E-state index contributed by atoms with van der Waals surface area (Å²) in [4.78, 5) is 18.7. The van der Waals surface area contributed by atoms with Gasteiger partial charge in [-0.25, -0.2) is 17.8 Å². The molecule has 2 heterocycles. The summed E-state index contributed by atoms with van der Waals surface area (Å²) in [5.41, 5.74) is 0.135. The largest absolute Gasteiger partial charge is 0.364 e. The van der Waals surface area contributed by atoms with Crippen LogP contribution in [0.2, 0.25) is 0 Å². The first-order valence-corrected chi connectivity index (χ1v) is 13.0. The van der Waals surface area contributed by atoms with Crippen molar-refractivity contribution in [3.05, 3.63) is 53.0 Å². The first kappa shape index (κ1) is 26.1. The van der Waals surface area contributed by atoms with Gasteiger partial charge < -0.3 is 10.2 Å². The van der Waals surface area contributed by atoms with Crippen LogP contribution in [0.4, 0.5) is 24.7 Å². The van der Waals surface area contributed by atoms with E-state index in [1.54, 1.807) is 6.92 Å². The van der Waals surface area contributed by atoms with Crippen LogP contribution in [0.5, 0.6) is 0 Å². The summed E-state index contributed by atoms with van der Waals surface area (Å²) < 4.78 is 66.3. The van der Waals surface area contributed by atoms with Gasteiger partial charge >= 0.3 is 5.38 Å². The lowest BCUT2D eigenvalue weighted by molar-refractivity contribution is -0.122. The standard InChI is InChI=1S/C22H26ClF3N4O3S/c1-14(15-6-8-18(17(24)12-15)29-34(2,32)33)21(31)27-13-16-7-9-19(22(23,25)26)28-20(16)30-10-4-3-5-11-30/h6-9,12,14,29H,3-5,10-11,13H2,1-2H3,(H,27,31). The minimum absolute atomic E-state index is 0.0341. The smallest absolute Gasteiger partial charge is 0.356 e. The van der Waals surface area contributed by atoms with E-state index >= 15 is 0 Å². The van der Waals surface area contributed by atoms with E-state index in [0.29, 0.717) is 30.0 Å². The van der Waals surface area contributed by atoms with Gasteiger partial charge in [0.15, 0.2) is 0 Å². The average Bonchev–Trinajstić information content (AvgIpc) is 2.77. The number of nitrogens with one attached hydrogen (secondary N) is 2. The third kappa shape index (κ3) is 6.75. The minimum atomic E-state index is -3.65. The van der Waals surface area contributed by atoms with E-state index in [4.69, 9.17) is 11.6 Å². The number of carbonyl (C=O) groups is 1. The molecule has 1 aromatic carbocycles. The van der Waals surface area contributed by atoms with Crippen LogP contribution in [-0.4, -0.2) is 38.7 Å². The molecule has 0 aliphatic carbocycles. The number of hydrogen-bond donors (Lipinski definition) is 2. The van der Waals surface area contributed by atoms with Crippen molar-refractivity contribution in [1.82, 2.24) is 10.3 Å². The highest BCUT2D eigenvalue weighted by Crippen LogP contribution is 2.34. The fraction of sp³-hybridized carbons (Fsp3) is 0.455. The maximum atomic E-state index is 14.3. The predicted octanol–water partition coefficient (Wildman–Crippen LogP) is 4.29. The van der Waals surface area contributed by atoms with Gasteiger partial charge in [-0.3, -0.25) is 9.52 Å². The summed E-state index contributed by atoms with van der Waals surface area (Å²) in [5, 5.41) is -0.861. The molecule has 12 heteroatoms. The van der Waals surface area contributed by atoms with Crippen molar-refractivity contribution >= 4 is 39.0 Å². The third-order valence-electron chi connectivity index (χ3n) is 5.54. The van der Waals surface area contributed by atoms with Gasteiger partial charge in [-0.1, -0.05) is 12.1 Å². The molecule has 1 amide bonds. The Kier molecular flexibility index (Phi) is 7.97. The van der Waals surface area contributed by atoms with Crippen LogP contribution in [0.15, 0.2) is 30.3 Å². The van der Waals surface area contributed by atoms with E-state index in [0.717, 1.165) is 37.7 Å². The van der Waals surface area contributed by atoms with E-state index in [2.05, 4.69) is 15.0 Å². The monoisotopic (exact) mass is 518 g/mol. The number of amides is 1. The van der Waals surface area contributed by atoms with Gasteiger partial charge in [0.05, 0.1) is 17.9 Å². The lowest BCUT2D eigenvalue weighted by Crippen LogP contribution is -2.33. The summed E-state index contributed by atoms with van der Waals surface area (Å²) in [7, 11) is -3.65. The molecule has 2 N–H and O–H groups in total. The number of rotatable bonds is 8. The number of halogens is 4. The van der Waals surface area contributed by atoms with Gasteiger partial charge in [0.2, 0.25) is 15.9 Å². The summed E-state index contributed by atoms with van der Waals surface area (Å²) in [6.45, 7) is 2.94. The first-order valence-electron chi connectivity index (χ1n) is 10.7. The number of alkyl halides is 3. The van der Waals surface area contributed by atoms with E-state index in [9.17, 15) is 26.4 Å². The second kappa shape index (κ2) is 10.4. The molecule has 1 saturated heterocycles. The molecular formula is C22H26ClF3N4O3S. The van der Waals surface area contributed by atoms with Crippen molar-refractivity contribution in [3.8, 4) is 0 Å². The maximum Gasteiger partial charge on any atom is 0.364 e. The normalized spacial score (nSPS) is 15.6. The molecule has 1 atom stereocenters. The van der Waals surface area contributed by atoms with E-state index in [1.807, 2.05) is 4.90 Å². The minimum Gasteiger partial charge on any atom is -0.356 e. The molecule has 0 spiro atoms. The Bertz CT molecular complexity index is 1150. The zero-order valence-electron chi connectivity index (χ0n) is 18.7. The molecule has 1 fully saturated rings. The summed E-state index contributed by atoms with van der Waals surface area (Å²) in [5.74, 6) is -1.62. The first-order chi connectivity index (χ1) is 15.8. The van der Waals surface area contributed by atoms with Crippen LogP contribution in [0, 0.1) is 5.82 Å². The molecule has 1 unspecified atom stereocenters. The Morgan fingerprint density at radius 3 is 2.47 bits per heavy atom. The van der Waals surface area contributed by atoms with Crippen LogP contribution >= 0.6 is 11.6 Å². The Morgan fingerprint density at radius 1 is 1.21 bits per heavy atom. The third-order valence-corrected chi connectivity index (χ3v) is 6.32. The van der Waals surface area contributed by atoms with Gasteiger partial charge in [-0.05, 0) is 61.5 Å².